The Hall–Kier alpha value is -3.62. The Morgan fingerprint density at radius 3 is 2.56 bits per heavy atom. The van der Waals surface area contributed by atoms with Crippen molar-refractivity contribution in [2.45, 2.75) is 32.6 Å². The summed E-state index contributed by atoms with van der Waals surface area (Å²) < 4.78 is 40.1. The first-order chi connectivity index (χ1) is 19.4. The van der Waals surface area contributed by atoms with Crippen LogP contribution in [0.2, 0.25) is 10.0 Å². The lowest BCUT2D eigenvalue weighted by Crippen LogP contribution is -2.35. The van der Waals surface area contributed by atoms with Crippen molar-refractivity contribution in [2.24, 2.45) is 0 Å². The first-order valence-corrected chi connectivity index (χ1v) is 14.1. The number of carbonyl (C=O) groups excluding carboxylic acids is 2. The summed E-state index contributed by atoms with van der Waals surface area (Å²) in [6.45, 7) is 3.26. The Bertz CT molecular complexity index is 1590. The number of hydrogen-bond donors (Lipinski definition) is 2. The number of carbonyl (C=O) groups is 2. The van der Waals surface area contributed by atoms with E-state index in [1.54, 1.807) is 36.9 Å². The quantitative estimate of drug-likeness (QED) is 0.259. The number of rotatable bonds is 9. The number of alkyl halides is 3. The fourth-order valence-electron chi connectivity index (χ4n) is 3.87. The highest BCUT2D eigenvalue weighted by Gasteiger charge is 2.34. The van der Waals surface area contributed by atoms with Gasteiger partial charge >= 0.3 is 6.18 Å². The number of nitrogens with zero attached hydrogens (tertiary/aromatic N) is 6. The van der Waals surface area contributed by atoms with Crippen LogP contribution in [0.25, 0.3) is 5.82 Å². The molecular weight excluding hydrogens is 604 g/mol. The van der Waals surface area contributed by atoms with Gasteiger partial charge in [0.25, 0.3) is 11.8 Å². The Kier molecular flexibility index (Phi) is 9.24. The molecule has 1 atom stereocenters. The van der Waals surface area contributed by atoms with Gasteiger partial charge in [-0.05, 0) is 56.0 Å². The molecule has 0 aliphatic rings. The Labute approximate surface area is 246 Å². The molecule has 3 aromatic heterocycles. The van der Waals surface area contributed by atoms with Gasteiger partial charge in [0.15, 0.2) is 11.5 Å². The number of aryl methyl sites for hydroxylation is 1. The van der Waals surface area contributed by atoms with Gasteiger partial charge in [-0.2, -0.15) is 39.9 Å². The third-order valence-electron chi connectivity index (χ3n) is 5.64. The molecule has 10 nitrogen and oxygen atoms in total. The predicted octanol–water partition coefficient (Wildman–Crippen LogP) is 5.27. The molecule has 0 bridgehead atoms. The van der Waals surface area contributed by atoms with E-state index < -0.39 is 23.7 Å². The minimum atomic E-state index is -4.67. The predicted molar refractivity (Wildman–Crippen MR) is 150 cm³/mol. The molecule has 0 fully saturated rings. The van der Waals surface area contributed by atoms with Crippen LogP contribution in [0.4, 0.5) is 18.9 Å². The molecule has 216 valence electrons. The lowest BCUT2D eigenvalue weighted by Gasteiger charge is -2.17. The van der Waals surface area contributed by atoms with Crippen molar-refractivity contribution in [1.82, 2.24) is 35.1 Å². The van der Waals surface area contributed by atoms with Gasteiger partial charge < -0.3 is 10.6 Å². The van der Waals surface area contributed by atoms with Crippen molar-refractivity contribution in [3.63, 3.8) is 0 Å². The molecule has 3 heterocycles. The van der Waals surface area contributed by atoms with Crippen molar-refractivity contribution in [2.75, 3.05) is 17.3 Å². The summed E-state index contributed by atoms with van der Waals surface area (Å²) in [7, 11) is 0. The number of amides is 2. The van der Waals surface area contributed by atoms with Gasteiger partial charge in [-0.15, -0.1) is 5.10 Å². The molecule has 16 heteroatoms. The molecule has 41 heavy (non-hydrogen) atoms. The first kappa shape index (κ1) is 30.3. The SMILES string of the molecule is CSC[C@H](C)NC(=O)c1cc(Cl)cc(C)c1NC(=O)c1cc(Cn2ncc(C(F)(F)F)n2)nn1-c1ncccc1Cl. The largest absolute Gasteiger partial charge is 0.436 e. The third kappa shape index (κ3) is 7.18. The van der Waals surface area contributed by atoms with Gasteiger partial charge in [0.2, 0.25) is 0 Å². The van der Waals surface area contributed by atoms with E-state index in [0.717, 1.165) is 9.48 Å². The molecule has 2 amide bonds. The van der Waals surface area contributed by atoms with E-state index >= 15 is 0 Å². The molecule has 0 radical (unpaired) electrons. The van der Waals surface area contributed by atoms with Crippen molar-refractivity contribution in [3.05, 3.63) is 81.0 Å². The number of aromatic nitrogens is 6. The average molecular weight is 627 g/mol. The number of thioether (sulfide) groups is 1. The van der Waals surface area contributed by atoms with Gasteiger partial charge in [-0.3, -0.25) is 9.59 Å². The molecule has 1 aromatic carbocycles. The van der Waals surface area contributed by atoms with Crippen LogP contribution in [-0.4, -0.2) is 59.6 Å². The summed E-state index contributed by atoms with van der Waals surface area (Å²) in [6.07, 6.45) is -0.717. The van der Waals surface area contributed by atoms with Crippen LogP contribution in [0.1, 0.15) is 44.7 Å². The van der Waals surface area contributed by atoms with E-state index in [-0.39, 0.29) is 46.1 Å². The summed E-state index contributed by atoms with van der Waals surface area (Å²) in [5, 5.41) is 17.5. The molecule has 0 aliphatic heterocycles. The highest BCUT2D eigenvalue weighted by Crippen LogP contribution is 2.28. The maximum absolute atomic E-state index is 13.7. The van der Waals surface area contributed by atoms with Gasteiger partial charge in [-0.1, -0.05) is 23.2 Å². The zero-order valence-corrected chi connectivity index (χ0v) is 24.2. The van der Waals surface area contributed by atoms with Gasteiger partial charge in [0.05, 0.1) is 28.2 Å². The summed E-state index contributed by atoms with van der Waals surface area (Å²) in [5.41, 5.74) is -0.176. The van der Waals surface area contributed by atoms with Crippen molar-refractivity contribution < 1.29 is 22.8 Å². The number of anilines is 1. The van der Waals surface area contributed by atoms with E-state index in [0.29, 0.717) is 22.5 Å². The lowest BCUT2D eigenvalue weighted by atomic mass is 10.1. The summed E-state index contributed by atoms with van der Waals surface area (Å²) in [6, 6.07) is 7.37. The minimum absolute atomic E-state index is 0.0553. The van der Waals surface area contributed by atoms with Crippen LogP contribution in [-0.2, 0) is 12.7 Å². The summed E-state index contributed by atoms with van der Waals surface area (Å²) in [5.74, 6) is -0.340. The fourth-order valence-corrected chi connectivity index (χ4v) is 4.93. The van der Waals surface area contributed by atoms with Crippen LogP contribution in [0.15, 0.2) is 42.7 Å². The van der Waals surface area contributed by atoms with E-state index in [9.17, 15) is 22.8 Å². The van der Waals surface area contributed by atoms with Crippen LogP contribution in [0.5, 0.6) is 0 Å². The van der Waals surface area contributed by atoms with Crippen LogP contribution >= 0.6 is 35.0 Å². The number of halogens is 5. The molecule has 2 N–H and O–H groups in total. The second-order valence-electron chi connectivity index (χ2n) is 8.93. The Morgan fingerprint density at radius 2 is 1.90 bits per heavy atom. The third-order valence-corrected chi connectivity index (χ3v) is 6.99. The molecule has 0 spiro atoms. The monoisotopic (exact) mass is 626 g/mol. The molecule has 4 aromatic rings. The first-order valence-electron chi connectivity index (χ1n) is 12.0. The number of hydrogen-bond acceptors (Lipinski definition) is 7. The molecule has 0 unspecified atom stereocenters. The van der Waals surface area contributed by atoms with Crippen molar-refractivity contribution in [3.8, 4) is 5.82 Å². The summed E-state index contributed by atoms with van der Waals surface area (Å²) >= 11 is 14.1. The smallest absolute Gasteiger partial charge is 0.349 e. The number of pyridine rings is 1. The van der Waals surface area contributed by atoms with E-state index in [1.807, 2.05) is 13.2 Å². The Morgan fingerprint density at radius 1 is 1.15 bits per heavy atom. The average Bonchev–Trinajstić information content (AvgIpc) is 3.53. The second kappa shape index (κ2) is 12.5. The zero-order valence-electron chi connectivity index (χ0n) is 21.8. The molecule has 4 rings (SSSR count). The highest BCUT2D eigenvalue weighted by molar-refractivity contribution is 7.98. The lowest BCUT2D eigenvalue weighted by molar-refractivity contribution is -0.141. The van der Waals surface area contributed by atoms with Crippen molar-refractivity contribution in [1.29, 1.82) is 0 Å². The molecular formula is C25H23Cl2F3N8O2S. The molecule has 0 aliphatic carbocycles. The number of nitrogens with one attached hydrogen (secondary N) is 2. The normalized spacial score (nSPS) is 12.3. The van der Waals surface area contributed by atoms with Gasteiger partial charge in [0.1, 0.15) is 12.2 Å². The number of benzene rings is 1. The highest BCUT2D eigenvalue weighted by atomic mass is 35.5. The van der Waals surface area contributed by atoms with E-state index in [2.05, 4.69) is 30.9 Å². The molecule has 0 saturated carbocycles. The van der Waals surface area contributed by atoms with Crippen LogP contribution in [0.3, 0.4) is 0 Å². The standard InChI is InChI=1S/C25H23Cl2F3N8O2S/c1-13-7-15(26)8-17(23(39)33-14(2)12-41-3)21(13)34-24(40)19-9-16(11-37-32-10-20(36-37)25(28,29)30)35-38(19)22-18(27)5-4-6-31-22/h4-10,14H,11-12H2,1-3H3,(H,33,39)(H,34,40)/t14-/m0/s1. The van der Waals surface area contributed by atoms with Gasteiger partial charge in [0, 0.05) is 23.0 Å². The zero-order chi connectivity index (χ0) is 29.9. The molecule has 0 saturated heterocycles. The maximum atomic E-state index is 13.7. The second-order valence-corrected chi connectivity index (χ2v) is 10.7. The Balaban J connectivity index is 1.71. The van der Waals surface area contributed by atoms with E-state index in [1.165, 1.54) is 18.3 Å². The summed E-state index contributed by atoms with van der Waals surface area (Å²) in [4.78, 5) is 31.8. The fraction of sp³-hybridized carbons (Fsp3) is 0.280. The topological polar surface area (TPSA) is 120 Å². The maximum Gasteiger partial charge on any atom is 0.436 e. The minimum Gasteiger partial charge on any atom is -0.349 e. The van der Waals surface area contributed by atoms with Gasteiger partial charge in [-0.25, -0.2) is 9.67 Å². The van der Waals surface area contributed by atoms with Crippen molar-refractivity contribution >= 4 is 52.5 Å². The van der Waals surface area contributed by atoms with E-state index in [4.69, 9.17) is 23.2 Å². The van der Waals surface area contributed by atoms with Crippen LogP contribution < -0.4 is 10.6 Å². The van der Waals surface area contributed by atoms with Crippen LogP contribution in [0, 0.1) is 6.92 Å².